The molecule has 6 nitrogen and oxygen atoms in total. The normalized spacial score (nSPS) is 23.9. The van der Waals surface area contributed by atoms with Gasteiger partial charge in [0.15, 0.2) is 0 Å². The zero-order valence-electron chi connectivity index (χ0n) is 12.6. The molecule has 1 aromatic heterocycles. The Balaban J connectivity index is 1.45. The molecule has 1 fully saturated rings. The van der Waals surface area contributed by atoms with Crippen LogP contribution in [0.2, 0.25) is 0 Å². The van der Waals surface area contributed by atoms with Crippen LogP contribution in [0.5, 0.6) is 0 Å². The molecule has 3 rings (SSSR count). The minimum Gasteiger partial charge on any atom is -0.352 e. The average molecular weight is 291 g/mol. The Morgan fingerprint density at radius 1 is 1.19 bits per heavy atom. The number of hydrogen-bond donors (Lipinski definition) is 1. The van der Waals surface area contributed by atoms with Gasteiger partial charge in [0.25, 0.3) is 0 Å². The summed E-state index contributed by atoms with van der Waals surface area (Å²) in [5.74, 6) is 1.22. The molecule has 0 saturated carbocycles. The molecule has 1 unspecified atom stereocenters. The molecule has 2 aliphatic rings. The first kappa shape index (κ1) is 14.5. The Morgan fingerprint density at radius 2 is 2.00 bits per heavy atom. The van der Waals surface area contributed by atoms with E-state index in [0.29, 0.717) is 6.54 Å². The number of nitrogens with zero attached hydrogens (tertiary/aromatic N) is 4. The van der Waals surface area contributed by atoms with Crippen LogP contribution in [0.25, 0.3) is 0 Å². The van der Waals surface area contributed by atoms with E-state index in [4.69, 9.17) is 0 Å². The fourth-order valence-electron chi connectivity index (χ4n) is 3.32. The molecule has 1 saturated heterocycles. The molecular weight excluding hydrogens is 266 g/mol. The van der Waals surface area contributed by atoms with Crippen molar-refractivity contribution in [2.75, 3.05) is 19.6 Å². The maximum absolute atomic E-state index is 12.2. The van der Waals surface area contributed by atoms with E-state index in [1.807, 2.05) is 0 Å². The van der Waals surface area contributed by atoms with Gasteiger partial charge in [-0.3, -0.25) is 9.69 Å². The van der Waals surface area contributed by atoms with Gasteiger partial charge < -0.3 is 9.88 Å². The van der Waals surface area contributed by atoms with Gasteiger partial charge in [-0.05, 0) is 38.8 Å². The second-order valence-corrected chi connectivity index (χ2v) is 6.22. The first-order valence-electron chi connectivity index (χ1n) is 8.19. The third kappa shape index (κ3) is 4.03. The lowest BCUT2D eigenvalue weighted by Crippen LogP contribution is -2.42. The molecule has 0 aromatic carbocycles. The summed E-state index contributed by atoms with van der Waals surface area (Å²) in [5.41, 5.74) is 0. The van der Waals surface area contributed by atoms with Gasteiger partial charge in [0.2, 0.25) is 5.91 Å². The summed E-state index contributed by atoms with van der Waals surface area (Å²) in [6, 6.07) is 0.270. The van der Waals surface area contributed by atoms with E-state index in [1.54, 1.807) is 6.33 Å². The number of nitrogens with one attached hydrogen (secondary N) is 1. The number of carbonyl (C=O) groups excluding carboxylic acids is 1. The van der Waals surface area contributed by atoms with E-state index in [-0.39, 0.29) is 11.9 Å². The van der Waals surface area contributed by atoms with Gasteiger partial charge >= 0.3 is 0 Å². The lowest BCUT2D eigenvalue weighted by molar-refractivity contribution is -0.123. The molecule has 21 heavy (non-hydrogen) atoms. The summed E-state index contributed by atoms with van der Waals surface area (Å²) >= 11 is 0. The smallest absolute Gasteiger partial charge is 0.234 e. The first-order chi connectivity index (χ1) is 10.3. The molecule has 1 atom stereocenters. The summed E-state index contributed by atoms with van der Waals surface area (Å²) in [4.78, 5) is 14.5. The van der Waals surface area contributed by atoms with Crippen LogP contribution in [0, 0.1) is 0 Å². The number of carbonyl (C=O) groups is 1. The van der Waals surface area contributed by atoms with Gasteiger partial charge in [-0.1, -0.05) is 12.8 Å². The molecule has 0 spiro atoms. The Bertz CT molecular complexity index is 442. The zero-order valence-corrected chi connectivity index (χ0v) is 12.6. The van der Waals surface area contributed by atoms with Crippen molar-refractivity contribution >= 4 is 5.91 Å². The van der Waals surface area contributed by atoms with Crippen LogP contribution in [0.4, 0.5) is 0 Å². The van der Waals surface area contributed by atoms with Gasteiger partial charge in [0, 0.05) is 19.0 Å². The van der Waals surface area contributed by atoms with Crippen molar-refractivity contribution in [2.45, 2.75) is 57.5 Å². The number of aromatic nitrogens is 3. The molecule has 6 heteroatoms. The Labute approximate surface area is 125 Å². The van der Waals surface area contributed by atoms with Crippen molar-refractivity contribution in [3.63, 3.8) is 0 Å². The fourth-order valence-corrected chi connectivity index (χ4v) is 3.32. The zero-order chi connectivity index (χ0) is 14.5. The Hall–Kier alpha value is -1.43. The minimum absolute atomic E-state index is 0.180. The van der Waals surface area contributed by atoms with Gasteiger partial charge in [-0.25, -0.2) is 0 Å². The summed E-state index contributed by atoms with van der Waals surface area (Å²) in [6.45, 7) is 3.60. The lowest BCUT2D eigenvalue weighted by Gasteiger charge is -2.22. The van der Waals surface area contributed by atoms with Crippen molar-refractivity contribution in [1.82, 2.24) is 25.0 Å². The maximum Gasteiger partial charge on any atom is 0.234 e. The van der Waals surface area contributed by atoms with Crippen LogP contribution in [0.15, 0.2) is 6.33 Å². The number of hydrogen-bond acceptors (Lipinski definition) is 4. The van der Waals surface area contributed by atoms with Crippen molar-refractivity contribution < 1.29 is 4.79 Å². The quantitative estimate of drug-likeness (QED) is 0.901. The molecule has 0 radical (unpaired) electrons. The number of fused-ring (bicyclic) bond motifs is 1. The molecule has 116 valence electrons. The largest absolute Gasteiger partial charge is 0.352 e. The monoisotopic (exact) mass is 291 g/mol. The average Bonchev–Trinajstić information content (AvgIpc) is 2.66. The highest BCUT2D eigenvalue weighted by Gasteiger charge is 2.20. The third-order valence-electron chi connectivity index (χ3n) is 4.56. The van der Waals surface area contributed by atoms with Crippen LogP contribution in [-0.2, 0) is 17.8 Å². The van der Waals surface area contributed by atoms with Crippen LogP contribution in [0.3, 0.4) is 0 Å². The van der Waals surface area contributed by atoms with Crippen molar-refractivity contribution in [2.24, 2.45) is 0 Å². The van der Waals surface area contributed by atoms with E-state index in [1.165, 1.54) is 25.7 Å². The van der Waals surface area contributed by atoms with Gasteiger partial charge in [-0.15, -0.1) is 10.2 Å². The SMILES string of the molecule is O=C(CN1CCCCCC1)NC1CCc2nncn2CC1. The molecule has 0 aliphatic carbocycles. The standard InChI is InChI=1S/C15H25N5O/c21-15(11-19-8-3-1-2-4-9-19)17-13-5-6-14-18-16-12-20(14)10-7-13/h12-13H,1-11H2,(H,17,21). The predicted octanol–water partition coefficient (Wildman–Crippen LogP) is 0.975. The van der Waals surface area contributed by atoms with E-state index >= 15 is 0 Å². The summed E-state index contributed by atoms with van der Waals surface area (Å²) in [7, 11) is 0. The topological polar surface area (TPSA) is 63.1 Å². The molecule has 2 aliphatic heterocycles. The van der Waals surface area contributed by atoms with Crippen molar-refractivity contribution in [1.29, 1.82) is 0 Å². The van der Waals surface area contributed by atoms with Crippen molar-refractivity contribution in [3.8, 4) is 0 Å². The number of rotatable bonds is 3. The Morgan fingerprint density at radius 3 is 2.81 bits per heavy atom. The van der Waals surface area contributed by atoms with E-state index in [9.17, 15) is 4.79 Å². The second-order valence-electron chi connectivity index (χ2n) is 6.22. The summed E-state index contributed by atoms with van der Waals surface area (Å²) in [6.07, 6.45) is 9.68. The van der Waals surface area contributed by atoms with Crippen LogP contribution >= 0.6 is 0 Å². The Kier molecular flexibility index (Phi) is 4.85. The molecule has 1 aromatic rings. The predicted molar refractivity (Wildman–Crippen MR) is 79.8 cm³/mol. The lowest BCUT2D eigenvalue weighted by atomic mass is 10.1. The highest BCUT2D eigenvalue weighted by Crippen LogP contribution is 2.13. The van der Waals surface area contributed by atoms with Gasteiger partial charge in [-0.2, -0.15) is 0 Å². The number of aryl methyl sites for hydroxylation is 2. The molecular formula is C15H25N5O. The molecule has 1 amide bonds. The maximum atomic E-state index is 12.2. The fraction of sp³-hybridized carbons (Fsp3) is 0.800. The first-order valence-corrected chi connectivity index (χ1v) is 8.19. The highest BCUT2D eigenvalue weighted by molar-refractivity contribution is 5.78. The molecule has 1 N–H and O–H groups in total. The third-order valence-corrected chi connectivity index (χ3v) is 4.56. The molecule has 0 bridgehead atoms. The minimum atomic E-state index is 0.180. The molecule has 3 heterocycles. The van der Waals surface area contributed by atoms with Crippen LogP contribution in [-0.4, -0.2) is 51.2 Å². The summed E-state index contributed by atoms with van der Waals surface area (Å²) < 4.78 is 2.10. The van der Waals surface area contributed by atoms with Crippen molar-refractivity contribution in [3.05, 3.63) is 12.2 Å². The number of likely N-dealkylation sites (tertiary alicyclic amines) is 1. The van der Waals surface area contributed by atoms with Gasteiger partial charge in [0.05, 0.1) is 6.54 Å². The van der Waals surface area contributed by atoms with Crippen LogP contribution in [0.1, 0.15) is 44.3 Å². The van der Waals surface area contributed by atoms with Crippen LogP contribution < -0.4 is 5.32 Å². The summed E-state index contributed by atoms with van der Waals surface area (Å²) in [5, 5.41) is 11.3. The van der Waals surface area contributed by atoms with Gasteiger partial charge in [0.1, 0.15) is 12.2 Å². The second kappa shape index (κ2) is 7.02. The highest BCUT2D eigenvalue weighted by atomic mass is 16.2. The number of amides is 1. The van der Waals surface area contributed by atoms with E-state index in [2.05, 4.69) is 25.0 Å². The van der Waals surface area contributed by atoms with E-state index < -0.39 is 0 Å². The van der Waals surface area contributed by atoms with E-state index in [0.717, 1.165) is 44.7 Å².